The third-order valence-corrected chi connectivity index (χ3v) is 6.77. The Morgan fingerprint density at radius 2 is 1.83 bits per heavy atom. The van der Waals surface area contributed by atoms with Gasteiger partial charge in [0.15, 0.2) is 9.84 Å². The van der Waals surface area contributed by atoms with E-state index >= 15 is 0 Å². The molecule has 0 aromatic heterocycles. The van der Waals surface area contributed by atoms with E-state index in [4.69, 9.17) is 11.6 Å². The second-order valence-electron chi connectivity index (χ2n) is 6.59. The van der Waals surface area contributed by atoms with E-state index in [-0.39, 0.29) is 18.9 Å². The molecule has 3 rings (SSSR count). The molecule has 1 aliphatic heterocycles. The lowest BCUT2D eigenvalue weighted by Crippen LogP contribution is -2.45. The standard InChI is InChI=1S/C16H18ClNO5S/c1-24(22,23)12-8-13(14(19)20)18(9-12)15(21)16(6-7-16)10-2-4-11(17)5-3-10/h2-5,12-13H,6-9H2,1H3,(H,19,20)/t12-,13+/m1/s1. The number of carbonyl (C=O) groups is 2. The van der Waals surface area contributed by atoms with Gasteiger partial charge in [0.05, 0.1) is 10.7 Å². The second-order valence-corrected chi connectivity index (χ2v) is 9.35. The summed E-state index contributed by atoms with van der Waals surface area (Å²) in [6, 6.07) is 5.84. The number of nitrogens with zero attached hydrogens (tertiary/aromatic N) is 1. The monoisotopic (exact) mass is 371 g/mol. The molecule has 1 amide bonds. The Kier molecular flexibility index (Phi) is 4.12. The van der Waals surface area contributed by atoms with Crippen molar-refractivity contribution < 1.29 is 23.1 Å². The summed E-state index contributed by atoms with van der Waals surface area (Å²) in [6.45, 7) is -0.0655. The quantitative estimate of drug-likeness (QED) is 0.865. The first-order valence-electron chi connectivity index (χ1n) is 7.64. The molecule has 24 heavy (non-hydrogen) atoms. The molecule has 1 saturated carbocycles. The summed E-state index contributed by atoms with van der Waals surface area (Å²) < 4.78 is 23.6. The van der Waals surface area contributed by atoms with Gasteiger partial charge in [-0.3, -0.25) is 4.79 Å². The number of likely N-dealkylation sites (tertiary alicyclic amines) is 1. The second kappa shape index (κ2) is 5.74. The van der Waals surface area contributed by atoms with Crippen LogP contribution in [0, 0.1) is 0 Å². The van der Waals surface area contributed by atoms with E-state index in [1.54, 1.807) is 24.3 Å². The van der Waals surface area contributed by atoms with Gasteiger partial charge >= 0.3 is 5.97 Å². The summed E-state index contributed by atoms with van der Waals surface area (Å²) in [5.74, 6) is -1.47. The third kappa shape index (κ3) is 2.91. The molecule has 1 heterocycles. The Labute approximate surface area is 145 Å². The summed E-state index contributed by atoms with van der Waals surface area (Å²) in [5, 5.41) is 9.13. The Hall–Kier alpha value is -1.60. The highest BCUT2D eigenvalue weighted by molar-refractivity contribution is 7.91. The minimum atomic E-state index is -3.41. The summed E-state index contributed by atoms with van der Waals surface area (Å²) in [6.07, 6.45) is 2.27. The number of amides is 1. The number of hydrogen-bond donors (Lipinski definition) is 1. The minimum Gasteiger partial charge on any atom is -0.480 e. The van der Waals surface area contributed by atoms with Crippen LogP contribution < -0.4 is 0 Å². The fourth-order valence-corrected chi connectivity index (χ4v) is 4.45. The normalized spacial score (nSPS) is 25.5. The third-order valence-electron chi connectivity index (χ3n) is 4.97. The summed E-state index contributed by atoms with van der Waals surface area (Å²) in [7, 11) is -3.41. The summed E-state index contributed by atoms with van der Waals surface area (Å²) in [5.41, 5.74) is 0.0499. The molecule has 1 N–H and O–H groups in total. The van der Waals surface area contributed by atoms with Crippen molar-refractivity contribution in [2.24, 2.45) is 0 Å². The van der Waals surface area contributed by atoms with Crippen LogP contribution in [0.1, 0.15) is 24.8 Å². The molecule has 6 nitrogen and oxygen atoms in total. The number of rotatable bonds is 4. The lowest BCUT2D eigenvalue weighted by Gasteiger charge is -2.27. The molecule has 1 aliphatic carbocycles. The molecule has 2 fully saturated rings. The van der Waals surface area contributed by atoms with Crippen LogP contribution in [0.25, 0.3) is 0 Å². The lowest BCUT2D eigenvalue weighted by atomic mass is 9.94. The van der Waals surface area contributed by atoms with Crippen molar-refractivity contribution in [3.63, 3.8) is 0 Å². The maximum absolute atomic E-state index is 13.0. The van der Waals surface area contributed by atoms with E-state index in [0.717, 1.165) is 11.8 Å². The minimum absolute atomic E-state index is 0.0589. The molecule has 2 aliphatic rings. The molecule has 1 aromatic rings. The predicted molar refractivity (Wildman–Crippen MR) is 88.7 cm³/mol. The van der Waals surface area contributed by atoms with Gasteiger partial charge in [-0.05, 0) is 37.0 Å². The van der Waals surface area contributed by atoms with Gasteiger partial charge in [0.2, 0.25) is 5.91 Å². The van der Waals surface area contributed by atoms with Gasteiger partial charge < -0.3 is 10.0 Å². The number of benzene rings is 1. The van der Waals surface area contributed by atoms with Crippen molar-refractivity contribution in [2.45, 2.75) is 36.0 Å². The van der Waals surface area contributed by atoms with E-state index in [1.807, 2.05) is 0 Å². The van der Waals surface area contributed by atoms with Crippen molar-refractivity contribution in [1.29, 1.82) is 0 Å². The van der Waals surface area contributed by atoms with E-state index in [1.165, 1.54) is 4.90 Å². The molecule has 0 radical (unpaired) electrons. The number of carboxylic acid groups (broad SMARTS) is 1. The molecular formula is C16H18ClNO5S. The molecule has 0 unspecified atom stereocenters. The van der Waals surface area contributed by atoms with Gasteiger partial charge in [-0.25, -0.2) is 13.2 Å². The Bertz CT molecular complexity index is 785. The molecule has 0 spiro atoms. The average Bonchev–Trinajstić information content (AvgIpc) is 3.16. The van der Waals surface area contributed by atoms with Gasteiger partial charge in [0.1, 0.15) is 6.04 Å². The van der Waals surface area contributed by atoms with Crippen molar-refractivity contribution >= 4 is 33.3 Å². The first-order valence-corrected chi connectivity index (χ1v) is 9.97. The van der Waals surface area contributed by atoms with Crippen LogP contribution in [0.2, 0.25) is 5.02 Å². The maximum atomic E-state index is 13.0. The van der Waals surface area contributed by atoms with E-state index in [0.29, 0.717) is 17.9 Å². The highest BCUT2D eigenvalue weighted by Gasteiger charge is 2.56. The number of hydrogen-bond acceptors (Lipinski definition) is 4. The van der Waals surface area contributed by atoms with Gasteiger partial charge in [-0.2, -0.15) is 0 Å². The molecule has 1 saturated heterocycles. The Morgan fingerprint density at radius 3 is 2.29 bits per heavy atom. The lowest BCUT2D eigenvalue weighted by molar-refractivity contribution is -0.149. The van der Waals surface area contributed by atoms with Crippen molar-refractivity contribution in [2.75, 3.05) is 12.8 Å². The molecule has 1 aromatic carbocycles. The topological polar surface area (TPSA) is 91.8 Å². The molecule has 0 bridgehead atoms. The molecule has 2 atom stereocenters. The van der Waals surface area contributed by atoms with Gasteiger partial charge in [-0.15, -0.1) is 0 Å². The smallest absolute Gasteiger partial charge is 0.326 e. The zero-order valence-corrected chi connectivity index (χ0v) is 14.7. The fourth-order valence-electron chi connectivity index (χ4n) is 3.36. The number of sulfone groups is 1. The van der Waals surface area contributed by atoms with Gasteiger partial charge in [0.25, 0.3) is 0 Å². The van der Waals surface area contributed by atoms with Crippen LogP contribution >= 0.6 is 11.6 Å². The van der Waals surface area contributed by atoms with E-state index in [2.05, 4.69) is 0 Å². The van der Waals surface area contributed by atoms with Crippen LogP contribution in [0.4, 0.5) is 0 Å². The van der Waals surface area contributed by atoms with Crippen LogP contribution in [0.15, 0.2) is 24.3 Å². The molecule has 130 valence electrons. The van der Waals surface area contributed by atoms with Crippen LogP contribution in [-0.2, 0) is 24.8 Å². The zero-order valence-electron chi connectivity index (χ0n) is 13.1. The van der Waals surface area contributed by atoms with E-state index < -0.39 is 32.5 Å². The number of halogens is 1. The average molecular weight is 372 g/mol. The van der Waals surface area contributed by atoms with Crippen molar-refractivity contribution in [1.82, 2.24) is 4.90 Å². The van der Waals surface area contributed by atoms with Crippen molar-refractivity contribution in [3.05, 3.63) is 34.9 Å². The molecule has 8 heteroatoms. The number of carbonyl (C=O) groups excluding carboxylic acids is 1. The first kappa shape index (κ1) is 17.2. The maximum Gasteiger partial charge on any atom is 0.326 e. The van der Waals surface area contributed by atoms with Gasteiger partial charge in [0, 0.05) is 17.8 Å². The SMILES string of the molecule is CS(=O)(=O)[C@@H]1C[C@@H](C(=O)O)N(C(=O)C2(c3ccc(Cl)cc3)CC2)C1. The largest absolute Gasteiger partial charge is 0.480 e. The fraction of sp³-hybridized carbons (Fsp3) is 0.500. The van der Waals surface area contributed by atoms with Crippen LogP contribution in [0.3, 0.4) is 0 Å². The van der Waals surface area contributed by atoms with Crippen LogP contribution in [-0.4, -0.2) is 54.4 Å². The highest BCUT2D eigenvalue weighted by atomic mass is 35.5. The summed E-state index contributed by atoms with van der Waals surface area (Å²) in [4.78, 5) is 25.8. The highest BCUT2D eigenvalue weighted by Crippen LogP contribution is 2.50. The van der Waals surface area contributed by atoms with E-state index in [9.17, 15) is 23.1 Å². The molecular weight excluding hydrogens is 354 g/mol. The number of aliphatic carboxylic acids is 1. The first-order chi connectivity index (χ1) is 11.1. The Balaban J connectivity index is 1.90. The zero-order chi connectivity index (χ0) is 17.7. The van der Waals surface area contributed by atoms with Crippen LogP contribution in [0.5, 0.6) is 0 Å². The van der Waals surface area contributed by atoms with Crippen molar-refractivity contribution in [3.8, 4) is 0 Å². The summed E-state index contributed by atoms with van der Waals surface area (Å²) >= 11 is 5.88. The number of carboxylic acids is 1. The predicted octanol–water partition coefficient (Wildman–Crippen LogP) is 1.47. The van der Waals surface area contributed by atoms with Gasteiger partial charge in [-0.1, -0.05) is 23.7 Å². The Morgan fingerprint density at radius 1 is 1.25 bits per heavy atom.